The van der Waals surface area contributed by atoms with Crippen LogP contribution in [0.2, 0.25) is 0 Å². The molecule has 0 radical (unpaired) electrons. The van der Waals surface area contributed by atoms with Crippen molar-refractivity contribution in [2.45, 2.75) is 141 Å². The summed E-state index contributed by atoms with van der Waals surface area (Å²) in [6.07, 6.45) is 7.17. The number of rotatable bonds is 1. The van der Waals surface area contributed by atoms with Gasteiger partial charge in [0.2, 0.25) is 0 Å². The van der Waals surface area contributed by atoms with Gasteiger partial charge in [-0.15, -0.1) is 0 Å². The summed E-state index contributed by atoms with van der Waals surface area (Å²) in [7, 11) is 0. The van der Waals surface area contributed by atoms with Gasteiger partial charge < -0.3 is 14.4 Å². The average Bonchev–Trinajstić information content (AvgIpc) is 3.77. The zero-order chi connectivity index (χ0) is 42.7. The number of fused-ring (bicyclic) bond motifs is 15. The van der Waals surface area contributed by atoms with Crippen LogP contribution in [-0.2, 0) is 33.6 Å². The van der Waals surface area contributed by atoms with Gasteiger partial charge >= 0.3 is 0 Å². The van der Waals surface area contributed by atoms with Crippen LogP contribution in [0.15, 0.2) is 109 Å². The molecule has 1 aromatic heterocycles. The lowest BCUT2D eigenvalue weighted by Crippen LogP contribution is -2.63. The van der Waals surface area contributed by atoms with Crippen LogP contribution in [0.3, 0.4) is 0 Å². The number of hydrogen-bond donors (Lipinski definition) is 0. The summed E-state index contributed by atoms with van der Waals surface area (Å²) >= 11 is 0. The Morgan fingerprint density at radius 3 is 2.03 bits per heavy atom. The molecule has 6 aromatic carbocycles. The second kappa shape index (κ2) is 11.5. The molecule has 4 heteroatoms. The Labute approximate surface area is 369 Å². The van der Waals surface area contributed by atoms with Gasteiger partial charge in [-0.25, -0.2) is 0 Å². The van der Waals surface area contributed by atoms with Crippen molar-refractivity contribution in [1.82, 2.24) is 4.57 Å². The van der Waals surface area contributed by atoms with Gasteiger partial charge in [-0.2, -0.15) is 0 Å². The van der Waals surface area contributed by atoms with Crippen LogP contribution in [-0.4, -0.2) is 16.8 Å². The topological polar surface area (TPSA) is 11.4 Å². The highest BCUT2D eigenvalue weighted by molar-refractivity contribution is 7.00. The van der Waals surface area contributed by atoms with Gasteiger partial charge in [0, 0.05) is 55.6 Å². The summed E-state index contributed by atoms with van der Waals surface area (Å²) in [6.45, 7) is 24.8. The minimum atomic E-state index is -0.285. The maximum absolute atomic E-state index is 2.90. The molecule has 3 nitrogen and oxygen atoms in total. The van der Waals surface area contributed by atoms with E-state index < -0.39 is 0 Å². The molecule has 62 heavy (non-hydrogen) atoms. The van der Waals surface area contributed by atoms with Gasteiger partial charge in [0.25, 0.3) is 6.71 Å². The van der Waals surface area contributed by atoms with Crippen molar-refractivity contribution in [2.24, 2.45) is 0 Å². The highest BCUT2D eigenvalue weighted by Crippen LogP contribution is 2.66. The Hall–Kier alpha value is -5.22. The largest absolute Gasteiger partial charge is 0.334 e. The predicted octanol–water partition coefficient (Wildman–Crippen LogP) is 12.5. The summed E-state index contributed by atoms with van der Waals surface area (Å²) in [4.78, 5) is 5.73. The normalized spacial score (nSPS) is 26.3. The molecule has 4 aliphatic heterocycles. The SMILES string of the molecule is CC(C)(C)c1ccc2c(c1)c1cc(C(C)(C)C)cc3c1n2-c1cc(N2c4ccccc4C4(C)CCCCC24C)cc2c1B3c1cccc3c1N2C1(C)c2ccccc2CCC31C. The van der Waals surface area contributed by atoms with E-state index in [1.807, 2.05) is 0 Å². The van der Waals surface area contributed by atoms with Crippen LogP contribution in [0.1, 0.15) is 135 Å². The second-order valence-corrected chi connectivity index (χ2v) is 23.2. The molecule has 13 rings (SSSR count). The van der Waals surface area contributed by atoms with Crippen LogP contribution in [0.5, 0.6) is 0 Å². The van der Waals surface area contributed by atoms with Gasteiger partial charge in [-0.1, -0.05) is 141 Å². The van der Waals surface area contributed by atoms with E-state index in [0.717, 1.165) is 12.8 Å². The first-order valence-electron chi connectivity index (χ1n) is 23.7. The minimum Gasteiger partial charge on any atom is -0.334 e. The molecule has 7 aromatic rings. The third-order valence-corrected chi connectivity index (χ3v) is 18.2. The Morgan fingerprint density at radius 1 is 0.548 bits per heavy atom. The smallest absolute Gasteiger partial charge is 0.252 e. The first-order valence-corrected chi connectivity index (χ1v) is 23.7. The molecule has 310 valence electrons. The molecule has 0 spiro atoms. The van der Waals surface area contributed by atoms with Gasteiger partial charge in [-0.05, 0) is 137 Å². The first kappa shape index (κ1) is 37.3. The van der Waals surface area contributed by atoms with E-state index in [-0.39, 0.29) is 39.5 Å². The second-order valence-electron chi connectivity index (χ2n) is 23.2. The maximum atomic E-state index is 2.90. The molecule has 0 N–H and O–H groups in total. The summed E-state index contributed by atoms with van der Waals surface area (Å²) in [5.41, 5.74) is 22.5. The number of aromatic nitrogens is 1. The highest BCUT2D eigenvalue weighted by Gasteiger charge is 2.64. The Morgan fingerprint density at radius 2 is 1.24 bits per heavy atom. The predicted molar refractivity (Wildman–Crippen MR) is 264 cm³/mol. The molecule has 0 amide bonds. The van der Waals surface area contributed by atoms with Crippen molar-refractivity contribution < 1.29 is 0 Å². The number of anilines is 4. The summed E-state index contributed by atoms with van der Waals surface area (Å²) in [6, 6.07) is 44.2. The van der Waals surface area contributed by atoms with Crippen LogP contribution >= 0.6 is 0 Å². The monoisotopic (exact) mass is 809 g/mol. The summed E-state index contributed by atoms with van der Waals surface area (Å²) < 4.78 is 2.73. The maximum Gasteiger partial charge on any atom is 0.252 e. The van der Waals surface area contributed by atoms with Gasteiger partial charge in [-0.3, -0.25) is 0 Å². The number of para-hydroxylation sites is 2. The molecule has 1 fully saturated rings. The molecule has 0 saturated heterocycles. The molecule has 1 saturated carbocycles. The average molecular weight is 810 g/mol. The van der Waals surface area contributed by atoms with Crippen molar-refractivity contribution >= 4 is 67.7 Å². The third-order valence-electron chi connectivity index (χ3n) is 18.2. The van der Waals surface area contributed by atoms with Crippen molar-refractivity contribution in [3.05, 3.63) is 143 Å². The third kappa shape index (κ3) is 4.18. The van der Waals surface area contributed by atoms with Crippen molar-refractivity contribution in [3.63, 3.8) is 0 Å². The van der Waals surface area contributed by atoms with Gasteiger partial charge in [0.05, 0.1) is 16.6 Å². The number of hydrogen-bond acceptors (Lipinski definition) is 2. The van der Waals surface area contributed by atoms with Crippen LogP contribution in [0.4, 0.5) is 22.7 Å². The fraction of sp³-hybridized carbons (Fsp3) is 0.379. The summed E-state index contributed by atoms with van der Waals surface area (Å²) in [5.74, 6) is 0. The molecule has 6 aliphatic rings. The number of nitrogens with zero attached hydrogens (tertiary/aromatic N) is 3. The van der Waals surface area contributed by atoms with E-state index in [1.54, 1.807) is 0 Å². The molecular weight excluding hydrogens is 749 g/mol. The molecule has 4 unspecified atom stereocenters. The molecule has 4 atom stereocenters. The fourth-order valence-corrected chi connectivity index (χ4v) is 14.5. The van der Waals surface area contributed by atoms with E-state index in [9.17, 15) is 0 Å². The lowest BCUT2D eigenvalue weighted by molar-refractivity contribution is 0.195. The van der Waals surface area contributed by atoms with E-state index in [1.165, 1.54) is 126 Å². The number of aryl methyl sites for hydroxylation is 1. The minimum absolute atomic E-state index is 0.0160. The van der Waals surface area contributed by atoms with Gasteiger partial charge in [0.1, 0.15) is 0 Å². The highest BCUT2D eigenvalue weighted by atomic mass is 15.3. The summed E-state index contributed by atoms with van der Waals surface area (Å²) in [5, 5.41) is 2.76. The molecule has 0 bridgehead atoms. The van der Waals surface area contributed by atoms with E-state index in [0.29, 0.717) is 0 Å². The Bertz CT molecular complexity index is 3160. The van der Waals surface area contributed by atoms with Crippen molar-refractivity contribution in [3.8, 4) is 5.69 Å². The van der Waals surface area contributed by atoms with Crippen LogP contribution in [0.25, 0.3) is 27.5 Å². The van der Waals surface area contributed by atoms with Gasteiger partial charge in [0.15, 0.2) is 0 Å². The zero-order valence-corrected chi connectivity index (χ0v) is 38.6. The van der Waals surface area contributed by atoms with Crippen LogP contribution < -0.4 is 26.2 Å². The van der Waals surface area contributed by atoms with E-state index in [2.05, 4.69) is 193 Å². The van der Waals surface area contributed by atoms with Crippen LogP contribution in [0, 0.1) is 0 Å². The Kier molecular flexibility index (Phi) is 6.91. The van der Waals surface area contributed by atoms with E-state index in [4.69, 9.17) is 0 Å². The molecule has 5 heterocycles. The Balaban J connectivity index is 1.21. The number of benzene rings is 6. The first-order chi connectivity index (χ1) is 29.5. The lowest BCUT2D eigenvalue weighted by atomic mass is 9.33. The lowest BCUT2D eigenvalue weighted by Gasteiger charge is -2.53. The zero-order valence-electron chi connectivity index (χ0n) is 38.6. The van der Waals surface area contributed by atoms with Crippen molar-refractivity contribution in [1.29, 1.82) is 0 Å². The molecule has 2 aliphatic carbocycles. The van der Waals surface area contributed by atoms with Crippen molar-refractivity contribution in [2.75, 3.05) is 9.80 Å². The molecular formula is C58H60BN3. The standard InChI is InChI=1S/C58H60BN3/c1-53(2,3)36-24-25-46-39(30-36)40-31-37(54(4,5)6)32-45-51(40)60(46)48-33-38(61-47-23-14-13-20-42(47)55(7)27-15-16-28-57(55,61)9)34-49-50(48)59(45)44-22-17-21-43-52(44)62(49)58(10)41-19-12-11-18-35(41)26-29-56(43,58)8/h11-14,17-25,30-34H,15-16,26-29H2,1-10H3. The quantitative estimate of drug-likeness (QED) is 0.153. The van der Waals surface area contributed by atoms with E-state index >= 15 is 0 Å². The fourth-order valence-electron chi connectivity index (χ4n) is 14.5.